The summed E-state index contributed by atoms with van der Waals surface area (Å²) in [5.41, 5.74) is 9.80. The van der Waals surface area contributed by atoms with Gasteiger partial charge in [-0.2, -0.15) is 0 Å². The van der Waals surface area contributed by atoms with E-state index in [1.54, 1.807) is 27.8 Å². The Morgan fingerprint density at radius 3 is 0.500 bits per heavy atom. The molecule has 0 aliphatic heterocycles. The summed E-state index contributed by atoms with van der Waals surface area (Å²) in [6.07, 6.45) is 89.6. The van der Waals surface area contributed by atoms with Gasteiger partial charge in [-0.05, 0) is 98.4 Å². The Morgan fingerprint density at radius 2 is 0.312 bits per heavy atom. The number of hydrogen-bond donors (Lipinski definition) is 0. The molecule has 1 nitrogen and oxygen atoms in total. The molecule has 0 amide bonds. The molecular formula is C79H150O. The molecule has 0 aliphatic rings. The Bertz CT molecular complexity index is 1330. The van der Waals surface area contributed by atoms with Gasteiger partial charge in [0, 0.05) is 12.0 Å². The molecule has 80 heavy (non-hydrogen) atoms. The second kappa shape index (κ2) is 62.4. The Hall–Kier alpha value is -1.11. The Labute approximate surface area is 506 Å². The van der Waals surface area contributed by atoms with Gasteiger partial charge in [-0.1, -0.05) is 388 Å². The molecule has 1 heteroatoms. The average Bonchev–Trinajstić information content (AvgIpc) is 3.46. The first-order chi connectivity index (χ1) is 39.6. The maximum Gasteiger partial charge on any atom is 0.163 e. The van der Waals surface area contributed by atoms with E-state index < -0.39 is 0 Å². The molecule has 0 unspecified atom stereocenters. The van der Waals surface area contributed by atoms with Crippen LogP contribution in [0.1, 0.15) is 471 Å². The molecule has 0 radical (unpaired) electrons. The minimum absolute atomic E-state index is 0.563. The summed E-state index contributed by atoms with van der Waals surface area (Å²) in [5.74, 6) is 0.563. The second-order valence-electron chi connectivity index (χ2n) is 26.8. The summed E-state index contributed by atoms with van der Waals surface area (Å²) in [6.45, 7) is 14.0. The molecule has 0 aliphatic carbocycles. The topological polar surface area (TPSA) is 17.1 Å². The van der Waals surface area contributed by atoms with Crippen molar-refractivity contribution < 1.29 is 4.79 Å². The second-order valence-corrected chi connectivity index (χ2v) is 26.8. The summed E-state index contributed by atoms with van der Waals surface area (Å²) in [6, 6.07) is 0. The van der Waals surface area contributed by atoms with Crippen molar-refractivity contribution in [2.75, 3.05) is 0 Å². The highest BCUT2D eigenvalue weighted by molar-refractivity contribution is 6.00. The predicted octanol–water partition coefficient (Wildman–Crippen LogP) is 28.5. The minimum Gasteiger partial charge on any atom is -0.294 e. The summed E-state index contributed by atoms with van der Waals surface area (Å²) in [4.78, 5) is 15.6. The number of unbranched alkanes of at least 4 members (excludes halogenated alkanes) is 54. The number of hydrogen-bond acceptors (Lipinski definition) is 1. The summed E-state index contributed by atoms with van der Waals surface area (Å²) >= 11 is 0. The summed E-state index contributed by atoms with van der Waals surface area (Å²) < 4.78 is 0. The van der Waals surface area contributed by atoms with Crippen LogP contribution in [0.2, 0.25) is 0 Å². The van der Waals surface area contributed by atoms with E-state index in [-0.39, 0.29) is 0 Å². The van der Waals surface area contributed by atoms with Crippen molar-refractivity contribution in [3.63, 3.8) is 0 Å². The fourth-order valence-corrected chi connectivity index (χ4v) is 13.7. The van der Waals surface area contributed by atoms with Crippen LogP contribution in [0.4, 0.5) is 0 Å². The van der Waals surface area contributed by atoms with Gasteiger partial charge in [0.05, 0.1) is 0 Å². The first kappa shape index (κ1) is 76.9. The van der Waals surface area contributed by atoms with E-state index in [4.69, 9.17) is 0 Å². The average molecular weight is 1120 g/mol. The highest BCUT2D eigenvalue weighted by Gasteiger charge is 2.26. The molecule has 0 saturated carbocycles. The van der Waals surface area contributed by atoms with Crippen molar-refractivity contribution in [2.45, 2.75) is 465 Å². The Morgan fingerprint density at radius 1 is 0.175 bits per heavy atom. The van der Waals surface area contributed by atoms with Crippen molar-refractivity contribution in [2.24, 2.45) is 0 Å². The molecule has 472 valence electrons. The number of benzene rings is 1. The van der Waals surface area contributed by atoms with E-state index in [1.165, 1.54) is 404 Å². The minimum atomic E-state index is 0.563. The van der Waals surface area contributed by atoms with Crippen LogP contribution in [0.25, 0.3) is 0 Å². The van der Waals surface area contributed by atoms with Crippen molar-refractivity contribution >= 4 is 5.78 Å². The van der Waals surface area contributed by atoms with E-state index in [2.05, 4.69) is 41.5 Å². The standard InChI is InChI=1S/C79H150O/c1-7-13-19-25-31-37-43-49-55-61-67-73-74(68-62-56-50-44-38-32-26-20-14-8-2)76(70-64-58-52-46-40-34-28-22-16-10-4)79(78(80)72-66-60-54-48-42-36-30-24-18-12-6)77(71-65-59-53-47-41-35-29-23-17-11-5)75(73)69-63-57-51-45-39-33-27-21-15-9-3/h7-72H2,1-6H3. The highest BCUT2D eigenvalue weighted by Crippen LogP contribution is 2.37. The SMILES string of the molecule is CCCCCCCCCCCCC(=O)c1c(CCCCCCCCCCCC)c(CCCCCCCCCCCC)c(CCCCCCCCCCCC)c(CCCCCCCCCCCC)c1CCCCCCCCCCCC. The number of carbonyl (C=O) groups excluding carboxylic acids is 1. The number of carbonyl (C=O) groups is 1. The molecule has 0 saturated heterocycles. The molecule has 0 fully saturated rings. The lowest BCUT2D eigenvalue weighted by molar-refractivity contribution is 0.0976. The third-order valence-corrected chi connectivity index (χ3v) is 19.0. The van der Waals surface area contributed by atoms with Gasteiger partial charge < -0.3 is 0 Å². The van der Waals surface area contributed by atoms with Gasteiger partial charge in [-0.3, -0.25) is 4.79 Å². The van der Waals surface area contributed by atoms with Crippen molar-refractivity contribution in [3.05, 3.63) is 33.4 Å². The van der Waals surface area contributed by atoms with Gasteiger partial charge in [0.2, 0.25) is 0 Å². The summed E-state index contributed by atoms with van der Waals surface area (Å²) in [7, 11) is 0. The molecule has 0 spiro atoms. The van der Waals surface area contributed by atoms with Crippen molar-refractivity contribution in [3.8, 4) is 0 Å². The molecular weight excluding hydrogens is 965 g/mol. The third-order valence-electron chi connectivity index (χ3n) is 19.0. The number of rotatable bonds is 67. The summed E-state index contributed by atoms with van der Waals surface area (Å²) in [5, 5.41) is 0. The molecule has 1 aromatic carbocycles. The first-order valence-corrected chi connectivity index (χ1v) is 38.3. The smallest absolute Gasteiger partial charge is 0.163 e. The lowest BCUT2D eigenvalue weighted by atomic mass is 9.76. The van der Waals surface area contributed by atoms with Gasteiger partial charge in [-0.25, -0.2) is 0 Å². The van der Waals surface area contributed by atoms with Gasteiger partial charge in [0.25, 0.3) is 0 Å². The van der Waals surface area contributed by atoms with Crippen LogP contribution in [0, 0.1) is 0 Å². The number of ketones is 1. The molecule has 0 bridgehead atoms. The molecule has 1 rings (SSSR count). The monoisotopic (exact) mass is 1120 g/mol. The third kappa shape index (κ3) is 45.3. The zero-order valence-corrected chi connectivity index (χ0v) is 56.6. The quantitative estimate of drug-likeness (QED) is 0.0469. The van der Waals surface area contributed by atoms with E-state index in [9.17, 15) is 0 Å². The normalized spacial score (nSPS) is 11.7. The van der Waals surface area contributed by atoms with Crippen LogP contribution in [-0.2, 0) is 32.1 Å². The van der Waals surface area contributed by atoms with Gasteiger partial charge >= 0.3 is 0 Å². The molecule has 0 atom stereocenters. The van der Waals surface area contributed by atoms with E-state index >= 15 is 4.79 Å². The van der Waals surface area contributed by atoms with E-state index in [1.807, 2.05) is 0 Å². The lowest BCUT2D eigenvalue weighted by Gasteiger charge is -2.28. The fourth-order valence-electron chi connectivity index (χ4n) is 13.7. The van der Waals surface area contributed by atoms with Gasteiger partial charge in [0.1, 0.15) is 0 Å². The zero-order valence-electron chi connectivity index (χ0n) is 56.6. The molecule has 0 aromatic heterocycles. The Balaban J connectivity index is 3.79. The van der Waals surface area contributed by atoms with Crippen LogP contribution in [0.15, 0.2) is 0 Å². The van der Waals surface area contributed by atoms with Crippen LogP contribution >= 0.6 is 0 Å². The van der Waals surface area contributed by atoms with Crippen molar-refractivity contribution in [1.29, 1.82) is 0 Å². The van der Waals surface area contributed by atoms with Crippen LogP contribution in [0.5, 0.6) is 0 Å². The van der Waals surface area contributed by atoms with Crippen LogP contribution in [-0.4, -0.2) is 5.78 Å². The fraction of sp³-hybridized carbons (Fsp3) is 0.911. The van der Waals surface area contributed by atoms with Crippen molar-refractivity contribution in [1.82, 2.24) is 0 Å². The maximum atomic E-state index is 15.6. The van der Waals surface area contributed by atoms with Crippen LogP contribution in [0.3, 0.4) is 0 Å². The first-order valence-electron chi connectivity index (χ1n) is 38.3. The van der Waals surface area contributed by atoms with E-state index in [0.717, 1.165) is 25.7 Å². The van der Waals surface area contributed by atoms with Crippen LogP contribution < -0.4 is 0 Å². The lowest BCUT2D eigenvalue weighted by Crippen LogP contribution is -2.18. The molecule has 1 aromatic rings. The van der Waals surface area contributed by atoms with Gasteiger partial charge in [0.15, 0.2) is 5.78 Å². The molecule has 0 heterocycles. The Kier molecular flexibility index (Phi) is 60.0. The predicted molar refractivity (Wildman–Crippen MR) is 365 cm³/mol. The highest BCUT2D eigenvalue weighted by atomic mass is 16.1. The largest absolute Gasteiger partial charge is 0.294 e. The number of Topliss-reactive ketones (excluding diaryl/α,β-unsaturated/α-hetero) is 1. The zero-order chi connectivity index (χ0) is 57.7. The maximum absolute atomic E-state index is 15.6. The van der Waals surface area contributed by atoms with Gasteiger partial charge in [-0.15, -0.1) is 0 Å². The molecule has 0 N–H and O–H groups in total. The van der Waals surface area contributed by atoms with E-state index in [0.29, 0.717) is 5.78 Å².